The van der Waals surface area contributed by atoms with Crippen LogP contribution in [0, 0.1) is 5.82 Å². The number of pyridine rings is 1. The van der Waals surface area contributed by atoms with Crippen LogP contribution in [0.1, 0.15) is 32.9 Å². The van der Waals surface area contributed by atoms with E-state index in [0.717, 1.165) is 17.8 Å². The Balaban J connectivity index is 1.62. The molecule has 1 aliphatic rings. The van der Waals surface area contributed by atoms with E-state index >= 15 is 0 Å². The summed E-state index contributed by atoms with van der Waals surface area (Å²) in [7, 11) is 0. The van der Waals surface area contributed by atoms with Crippen molar-refractivity contribution in [2.24, 2.45) is 0 Å². The molecule has 1 aromatic carbocycles. The molecule has 3 aromatic rings. The van der Waals surface area contributed by atoms with Gasteiger partial charge in [0.1, 0.15) is 5.82 Å². The third-order valence-electron chi connectivity index (χ3n) is 4.53. The largest absolute Gasteiger partial charge is 0.419 e. The van der Waals surface area contributed by atoms with Crippen LogP contribution in [0.25, 0.3) is 5.69 Å². The molecule has 4 rings (SSSR count). The maximum absolute atomic E-state index is 13.8. The number of alkyl halides is 3. The van der Waals surface area contributed by atoms with Gasteiger partial charge in [-0.1, -0.05) is 6.07 Å². The van der Waals surface area contributed by atoms with Gasteiger partial charge in [-0.25, -0.2) is 9.07 Å². The lowest BCUT2D eigenvalue weighted by molar-refractivity contribution is -0.140. The van der Waals surface area contributed by atoms with Gasteiger partial charge in [-0.15, -0.1) is 0 Å². The Morgan fingerprint density at radius 2 is 2.00 bits per heavy atom. The van der Waals surface area contributed by atoms with E-state index in [0.29, 0.717) is 35.5 Å². The number of carbonyl (C=O) groups is 1. The molecule has 144 valence electrons. The molecule has 3 heterocycles. The van der Waals surface area contributed by atoms with E-state index in [1.807, 2.05) is 0 Å². The van der Waals surface area contributed by atoms with Crippen LogP contribution >= 0.6 is 0 Å². The van der Waals surface area contributed by atoms with Crippen molar-refractivity contribution >= 4 is 5.91 Å². The van der Waals surface area contributed by atoms with Crippen LogP contribution in [0.15, 0.2) is 42.7 Å². The Labute approximate surface area is 157 Å². The molecule has 0 spiro atoms. The minimum absolute atomic E-state index is 0.160. The van der Waals surface area contributed by atoms with E-state index in [2.05, 4.69) is 15.4 Å². The van der Waals surface area contributed by atoms with E-state index in [-0.39, 0.29) is 12.3 Å². The fourth-order valence-electron chi connectivity index (χ4n) is 3.22. The van der Waals surface area contributed by atoms with Crippen molar-refractivity contribution in [3.05, 3.63) is 76.6 Å². The number of nitrogens with zero attached hydrogens (tertiary/aromatic N) is 3. The second-order valence-corrected chi connectivity index (χ2v) is 6.42. The molecule has 9 heteroatoms. The lowest BCUT2D eigenvalue weighted by atomic mass is 10.1. The Kier molecular flexibility index (Phi) is 4.37. The zero-order valence-electron chi connectivity index (χ0n) is 14.4. The molecule has 0 saturated carbocycles. The van der Waals surface area contributed by atoms with Crippen LogP contribution in [0.5, 0.6) is 0 Å². The number of rotatable bonds is 3. The fraction of sp³-hybridized carbons (Fsp3) is 0.211. The molecular weight excluding hydrogens is 376 g/mol. The number of fused-ring (bicyclic) bond motifs is 1. The van der Waals surface area contributed by atoms with Crippen LogP contribution in [-0.2, 0) is 19.0 Å². The Bertz CT molecular complexity index is 1060. The first-order valence-electron chi connectivity index (χ1n) is 8.49. The van der Waals surface area contributed by atoms with Crippen molar-refractivity contribution in [3.8, 4) is 5.69 Å². The van der Waals surface area contributed by atoms with Gasteiger partial charge in [0.15, 0.2) is 0 Å². The van der Waals surface area contributed by atoms with Crippen molar-refractivity contribution < 1.29 is 22.4 Å². The molecule has 0 unspecified atom stereocenters. The predicted molar refractivity (Wildman–Crippen MR) is 91.6 cm³/mol. The summed E-state index contributed by atoms with van der Waals surface area (Å²) in [6.07, 6.45) is -0.904. The molecule has 28 heavy (non-hydrogen) atoms. The van der Waals surface area contributed by atoms with Gasteiger partial charge in [-0.2, -0.15) is 18.3 Å². The van der Waals surface area contributed by atoms with Crippen molar-refractivity contribution in [2.45, 2.75) is 19.0 Å². The Morgan fingerprint density at radius 1 is 1.18 bits per heavy atom. The second kappa shape index (κ2) is 6.74. The molecule has 5 nitrogen and oxygen atoms in total. The zero-order valence-corrected chi connectivity index (χ0v) is 14.4. The average Bonchev–Trinajstić information content (AvgIpc) is 3.06. The third kappa shape index (κ3) is 3.35. The molecule has 0 atom stereocenters. The summed E-state index contributed by atoms with van der Waals surface area (Å²) in [6.45, 7) is 0.514. The van der Waals surface area contributed by atoms with Crippen molar-refractivity contribution in [1.29, 1.82) is 0 Å². The highest BCUT2D eigenvalue weighted by atomic mass is 19.4. The molecule has 0 aliphatic carbocycles. The smallest absolute Gasteiger partial charge is 0.352 e. The van der Waals surface area contributed by atoms with Crippen LogP contribution < -0.4 is 5.32 Å². The zero-order chi connectivity index (χ0) is 19.9. The van der Waals surface area contributed by atoms with Crippen LogP contribution in [0.2, 0.25) is 0 Å². The molecule has 2 aromatic heterocycles. The summed E-state index contributed by atoms with van der Waals surface area (Å²) < 4.78 is 53.5. The number of aromatic nitrogens is 3. The van der Waals surface area contributed by atoms with E-state index < -0.39 is 17.6 Å². The maximum atomic E-state index is 13.8. The quantitative estimate of drug-likeness (QED) is 0.698. The molecule has 0 fully saturated rings. The van der Waals surface area contributed by atoms with Gasteiger partial charge in [-0.05, 0) is 29.8 Å². The number of benzene rings is 1. The van der Waals surface area contributed by atoms with Gasteiger partial charge in [0, 0.05) is 31.3 Å². The molecular formula is C19H14F4N4O. The lowest BCUT2D eigenvalue weighted by Gasteiger charge is -2.15. The van der Waals surface area contributed by atoms with Crippen molar-refractivity contribution in [2.75, 3.05) is 6.54 Å². The number of nitrogens with one attached hydrogen (secondary N) is 1. The molecule has 1 aliphatic heterocycles. The summed E-state index contributed by atoms with van der Waals surface area (Å²) in [4.78, 5) is 16.1. The first-order valence-corrected chi connectivity index (χ1v) is 8.49. The average molecular weight is 390 g/mol. The predicted octanol–water partition coefficient (Wildman–Crippen LogP) is 3.30. The highest BCUT2D eigenvalue weighted by Gasteiger charge is 2.33. The standard InChI is InChI=1S/C19H14F4N4O/c20-16-8-11(1-2-15(16)19(21,22)23)7-12-9-13(3-5-24-12)27-17-4-6-25-18(28)14(17)10-26-27/h1-3,5,8-10H,4,6-7H2,(H,25,28). The monoisotopic (exact) mass is 390 g/mol. The van der Waals surface area contributed by atoms with Gasteiger partial charge in [0.25, 0.3) is 5.91 Å². The van der Waals surface area contributed by atoms with Gasteiger partial charge < -0.3 is 5.32 Å². The normalized spacial score (nSPS) is 13.9. The van der Waals surface area contributed by atoms with Gasteiger partial charge in [-0.3, -0.25) is 9.78 Å². The lowest BCUT2D eigenvalue weighted by Crippen LogP contribution is -2.32. The first-order chi connectivity index (χ1) is 13.3. The van der Waals surface area contributed by atoms with Gasteiger partial charge in [0.2, 0.25) is 0 Å². The van der Waals surface area contributed by atoms with Crippen LogP contribution in [0.3, 0.4) is 0 Å². The fourth-order valence-corrected chi connectivity index (χ4v) is 3.22. The topological polar surface area (TPSA) is 59.8 Å². The minimum atomic E-state index is -4.73. The van der Waals surface area contributed by atoms with Crippen molar-refractivity contribution in [1.82, 2.24) is 20.1 Å². The van der Waals surface area contributed by atoms with E-state index in [4.69, 9.17) is 0 Å². The third-order valence-corrected chi connectivity index (χ3v) is 4.53. The number of carbonyl (C=O) groups excluding carboxylic acids is 1. The maximum Gasteiger partial charge on any atom is 0.419 e. The molecule has 1 N–H and O–H groups in total. The first kappa shape index (κ1) is 18.1. The number of hydrogen-bond acceptors (Lipinski definition) is 3. The summed E-state index contributed by atoms with van der Waals surface area (Å²) >= 11 is 0. The van der Waals surface area contributed by atoms with Gasteiger partial charge >= 0.3 is 6.18 Å². The molecule has 0 radical (unpaired) electrons. The Morgan fingerprint density at radius 3 is 2.75 bits per heavy atom. The molecule has 0 saturated heterocycles. The Hall–Kier alpha value is -3.23. The van der Waals surface area contributed by atoms with E-state index in [9.17, 15) is 22.4 Å². The molecule has 1 amide bonds. The minimum Gasteiger partial charge on any atom is -0.352 e. The van der Waals surface area contributed by atoms with E-state index in [1.165, 1.54) is 12.3 Å². The van der Waals surface area contributed by atoms with Crippen molar-refractivity contribution in [3.63, 3.8) is 0 Å². The van der Waals surface area contributed by atoms with E-state index in [1.54, 1.807) is 23.0 Å². The summed E-state index contributed by atoms with van der Waals surface area (Å²) in [5.41, 5.74) is 1.59. The van der Waals surface area contributed by atoms with Crippen LogP contribution in [-0.4, -0.2) is 27.2 Å². The highest BCUT2D eigenvalue weighted by molar-refractivity contribution is 5.96. The summed E-state index contributed by atoms with van der Waals surface area (Å²) in [6, 6.07) is 6.28. The SMILES string of the molecule is O=C1NCCc2c1cnn2-c1ccnc(Cc2ccc(C(F)(F)F)c(F)c2)c1. The summed E-state index contributed by atoms with van der Waals surface area (Å²) in [5.74, 6) is -1.49. The highest BCUT2D eigenvalue weighted by Crippen LogP contribution is 2.32. The second-order valence-electron chi connectivity index (χ2n) is 6.42. The number of hydrogen-bond donors (Lipinski definition) is 1. The molecule has 0 bridgehead atoms. The van der Waals surface area contributed by atoms with Gasteiger partial charge in [0.05, 0.1) is 28.7 Å². The van der Waals surface area contributed by atoms with Crippen LogP contribution in [0.4, 0.5) is 17.6 Å². The summed E-state index contributed by atoms with van der Waals surface area (Å²) in [5, 5.41) is 7.01. The number of amides is 1. The number of halogens is 4.